The highest BCUT2D eigenvalue weighted by Crippen LogP contribution is 2.43. The second-order valence-electron chi connectivity index (χ2n) is 11.2. The van der Waals surface area contributed by atoms with Crippen LogP contribution in [0.2, 0.25) is 5.02 Å². The van der Waals surface area contributed by atoms with Crippen LogP contribution in [0.4, 0.5) is 16.6 Å². The Morgan fingerprint density at radius 1 is 1.19 bits per heavy atom. The Labute approximate surface area is 224 Å². The van der Waals surface area contributed by atoms with Crippen LogP contribution in [0, 0.1) is 29.1 Å². The minimum absolute atomic E-state index is 0.169. The number of alkyl carbamates (subject to hydrolysis) is 1. The molecule has 2 aliphatic carbocycles. The van der Waals surface area contributed by atoms with E-state index in [1.807, 2.05) is 45.0 Å². The number of halogens is 1. The number of aromatic nitrogens is 2. The van der Waals surface area contributed by atoms with Gasteiger partial charge in [0.1, 0.15) is 23.1 Å². The summed E-state index contributed by atoms with van der Waals surface area (Å²) in [6.07, 6.45) is 7.47. The van der Waals surface area contributed by atoms with Crippen LogP contribution in [0.3, 0.4) is 0 Å². The van der Waals surface area contributed by atoms with Crippen molar-refractivity contribution in [2.24, 2.45) is 17.8 Å². The maximum Gasteiger partial charge on any atom is 0.407 e. The van der Waals surface area contributed by atoms with Gasteiger partial charge >= 0.3 is 6.09 Å². The molecule has 2 aliphatic rings. The number of carbonyl (C=O) groups excluding carboxylic acids is 1. The molecule has 2 fully saturated rings. The Hall–Kier alpha value is -3.05. The number of benzene rings is 1. The lowest BCUT2D eigenvalue weighted by molar-refractivity contribution is 0.0324. The molecule has 198 valence electrons. The number of ether oxygens (including phenoxy) is 1. The molecule has 1 aromatic carbocycles. The van der Waals surface area contributed by atoms with Gasteiger partial charge in [0.05, 0.1) is 6.20 Å². The van der Waals surface area contributed by atoms with Gasteiger partial charge in [-0.05, 0) is 82.3 Å². The number of amides is 1. The summed E-state index contributed by atoms with van der Waals surface area (Å²) in [6, 6.07) is 10.1. The zero-order valence-electron chi connectivity index (χ0n) is 21.9. The molecule has 4 rings (SSSR count). The average molecular weight is 525 g/mol. The molecule has 3 N–H and O–H groups in total. The third kappa shape index (κ3) is 7.48. The first-order valence-corrected chi connectivity index (χ1v) is 13.6. The lowest BCUT2D eigenvalue weighted by Gasteiger charge is -2.46. The van der Waals surface area contributed by atoms with Crippen LogP contribution in [0.25, 0.3) is 0 Å². The number of fused-ring (bicyclic) bond motifs is 2. The van der Waals surface area contributed by atoms with Gasteiger partial charge in [-0.15, -0.1) is 0 Å². The molecule has 2 bridgehead atoms. The molecule has 0 aliphatic heterocycles. The van der Waals surface area contributed by atoms with Gasteiger partial charge in [-0.2, -0.15) is 10.2 Å². The zero-order chi connectivity index (χ0) is 26.4. The molecule has 37 heavy (non-hydrogen) atoms. The summed E-state index contributed by atoms with van der Waals surface area (Å²) in [4.78, 5) is 21.3. The van der Waals surface area contributed by atoms with Gasteiger partial charge in [-0.3, -0.25) is 0 Å². The Kier molecular flexibility index (Phi) is 8.75. The predicted octanol–water partition coefficient (Wildman–Crippen LogP) is 5.79. The molecule has 1 heterocycles. The highest BCUT2D eigenvalue weighted by molar-refractivity contribution is 6.31. The van der Waals surface area contributed by atoms with Crippen molar-refractivity contribution >= 4 is 29.5 Å². The predicted molar refractivity (Wildman–Crippen MR) is 146 cm³/mol. The van der Waals surface area contributed by atoms with Crippen LogP contribution in [0.1, 0.15) is 64.0 Å². The van der Waals surface area contributed by atoms with Gasteiger partial charge in [0.2, 0.25) is 5.95 Å². The average Bonchev–Trinajstić information content (AvgIpc) is 2.83. The smallest absolute Gasteiger partial charge is 0.407 e. The van der Waals surface area contributed by atoms with Crippen LogP contribution >= 0.6 is 11.6 Å². The maximum absolute atomic E-state index is 12.4. The number of nitrogens with one attached hydrogen (secondary N) is 3. The lowest BCUT2D eigenvalue weighted by atomic mass is 9.64. The summed E-state index contributed by atoms with van der Waals surface area (Å²) in [5.41, 5.74) is 0.988. The normalized spacial score (nSPS) is 23.0. The van der Waals surface area contributed by atoms with Crippen molar-refractivity contribution in [2.75, 3.05) is 23.7 Å². The first kappa shape index (κ1) is 27.0. The Morgan fingerprint density at radius 3 is 2.59 bits per heavy atom. The fraction of sp³-hybridized carbons (Fsp3) is 0.571. The van der Waals surface area contributed by atoms with E-state index in [1.54, 1.807) is 6.20 Å². The summed E-state index contributed by atoms with van der Waals surface area (Å²) in [5, 5.41) is 20.1. The molecular weight excluding hydrogens is 488 g/mol. The van der Waals surface area contributed by atoms with Crippen LogP contribution < -0.4 is 16.0 Å². The van der Waals surface area contributed by atoms with Gasteiger partial charge in [-0.25, -0.2) is 9.78 Å². The molecule has 1 aromatic heterocycles. The first-order chi connectivity index (χ1) is 17.7. The summed E-state index contributed by atoms with van der Waals surface area (Å²) >= 11 is 6.25. The maximum atomic E-state index is 12.4. The van der Waals surface area contributed by atoms with Crippen LogP contribution in [-0.2, 0) is 11.2 Å². The fourth-order valence-corrected chi connectivity index (χ4v) is 5.88. The van der Waals surface area contributed by atoms with Crippen molar-refractivity contribution in [3.63, 3.8) is 0 Å². The van der Waals surface area contributed by atoms with Crippen molar-refractivity contribution in [2.45, 2.75) is 70.9 Å². The molecule has 0 spiro atoms. The second kappa shape index (κ2) is 12.0. The third-order valence-electron chi connectivity index (χ3n) is 7.22. The van der Waals surface area contributed by atoms with E-state index in [1.165, 1.54) is 6.42 Å². The Balaban J connectivity index is 1.32. The van der Waals surface area contributed by atoms with Crippen LogP contribution in [0.15, 0.2) is 30.5 Å². The van der Waals surface area contributed by atoms with E-state index in [4.69, 9.17) is 16.3 Å². The molecule has 0 radical (unpaired) electrons. The molecule has 0 saturated heterocycles. The highest BCUT2D eigenvalue weighted by Gasteiger charge is 2.41. The minimum atomic E-state index is -0.501. The molecule has 9 heteroatoms. The molecule has 2 aromatic rings. The van der Waals surface area contributed by atoms with E-state index in [0.717, 1.165) is 49.2 Å². The van der Waals surface area contributed by atoms with Crippen molar-refractivity contribution < 1.29 is 9.53 Å². The monoisotopic (exact) mass is 524 g/mol. The Bertz CT molecular complexity index is 1110. The first-order valence-electron chi connectivity index (χ1n) is 13.2. The number of anilines is 2. The van der Waals surface area contributed by atoms with Crippen molar-refractivity contribution in [3.05, 3.63) is 46.6 Å². The van der Waals surface area contributed by atoms with Gasteiger partial charge in [-0.1, -0.05) is 36.2 Å². The Morgan fingerprint density at radius 2 is 1.92 bits per heavy atom. The van der Waals surface area contributed by atoms with Gasteiger partial charge in [0, 0.05) is 24.2 Å². The largest absolute Gasteiger partial charge is 0.444 e. The summed E-state index contributed by atoms with van der Waals surface area (Å²) < 4.78 is 5.51. The number of hydrogen-bond donors (Lipinski definition) is 3. The number of carbonyl (C=O) groups is 1. The molecule has 1 amide bonds. The van der Waals surface area contributed by atoms with E-state index >= 15 is 0 Å². The van der Waals surface area contributed by atoms with Crippen molar-refractivity contribution in [1.82, 2.24) is 15.3 Å². The molecular formula is C28H37ClN6O2. The minimum Gasteiger partial charge on any atom is -0.444 e. The quantitative estimate of drug-likeness (QED) is 0.400. The zero-order valence-corrected chi connectivity index (χ0v) is 22.6. The van der Waals surface area contributed by atoms with E-state index < -0.39 is 5.60 Å². The summed E-state index contributed by atoms with van der Waals surface area (Å²) in [6.45, 7) is 7.03. The number of nitrogens with zero attached hydrogens (tertiary/aromatic N) is 3. The van der Waals surface area contributed by atoms with Crippen molar-refractivity contribution in [1.29, 1.82) is 5.26 Å². The SMILES string of the molecule is CC(C)(C)OC(=O)NC1[C@@H]2CCC[C@H]1CC(CNc1nc(NCCc3ccccc3Cl)ncc1C#N)C2. The molecule has 8 nitrogen and oxygen atoms in total. The molecule has 2 unspecified atom stereocenters. The summed E-state index contributed by atoms with van der Waals surface area (Å²) in [7, 11) is 0. The number of hydrogen-bond acceptors (Lipinski definition) is 7. The standard InChI is InChI=1S/C28H37ClN6O2/c1-28(2,3)37-27(36)34-24-20-8-6-9-21(24)14-18(13-20)16-32-25-22(15-30)17-33-26(35-25)31-12-11-19-7-4-5-10-23(19)29/h4-5,7,10,17-18,20-21,24H,6,8-9,11-14,16H2,1-3H3,(H,34,36)(H2,31,32,33,35)/t18?,20-,21+,24?. The number of rotatable bonds is 8. The highest BCUT2D eigenvalue weighted by atomic mass is 35.5. The van der Waals surface area contributed by atoms with E-state index in [-0.39, 0.29) is 12.1 Å². The van der Waals surface area contributed by atoms with Gasteiger partial charge < -0.3 is 20.7 Å². The van der Waals surface area contributed by atoms with E-state index in [2.05, 4.69) is 32.0 Å². The lowest BCUT2D eigenvalue weighted by Crippen LogP contribution is -2.52. The second-order valence-corrected chi connectivity index (χ2v) is 11.6. The topological polar surface area (TPSA) is 112 Å². The van der Waals surface area contributed by atoms with Gasteiger partial charge in [0.25, 0.3) is 0 Å². The van der Waals surface area contributed by atoms with Gasteiger partial charge in [0.15, 0.2) is 0 Å². The van der Waals surface area contributed by atoms with E-state index in [9.17, 15) is 10.1 Å². The van der Waals surface area contributed by atoms with Crippen LogP contribution in [-0.4, -0.2) is 40.8 Å². The molecule has 2 saturated carbocycles. The third-order valence-corrected chi connectivity index (χ3v) is 7.59. The van der Waals surface area contributed by atoms with E-state index in [0.29, 0.717) is 41.6 Å². The van der Waals surface area contributed by atoms with Crippen LogP contribution in [0.5, 0.6) is 0 Å². The molecule has 4 atom stereocenters. The van der Waals surface area contributed by atoms with Crippen molar-refractivity contribution in [3.8, 4) is 6.07 Å². The summed E-state index contributed by atoms with van der Waals surface area (Å²) in [5.74, 6) is 2.36. The number of nitriles is 1. The fourth-order valence-electron chi connectivity index (χ4n) is 5.65.